The number of hydrogen-bond acceptors (Lipinski definition) is 5. The first kappa shape index (κ1) is 23.8. The highest BCUT2D eigenvalue weighted by molar-refractivity contribution is 7.17. The topological polar surface area (TPSA) is 84.7 Å². The number of rotatable bonds is 6. The van der Waals surface area contributed by atoms with Crippen LogP contribution in [0.5, 0.6) is 11.5 Å². The van der Waals surface area contributed by atoms with Gasteiger partial charge in [0.2, 0.25) is 0 Å². The molecule has 0 saturated heterocycles. The van der Waals surface area contributed by atoms with Crippen LogP contribution in [0.3, 0.4) is 0 Å². The Labute approximate surface area is 197 Å². The maximum atomic E-state index is 13.1. The van der Waals surface area contributed by atoms with Crippen LogP contribution in [-0.2, 0) is 13.0 Å². The molecule has 0 saturated carbocycles. The fourth-order valence-electron chi connectivity index (χ4n) is 3.74. The zero-order valence-corrected chi connectivity index (χ0v) is 19.6. The SMILES string of the molecule is CC(C)N1CCc2c(sc(NC(=O)c3ccccc3Oc3ccccc3)c2C(N)=O)C1.Cl. The van der Waals surface area contributed by atoms with Gasteiger partial charge in [0.25, 0.3) is 11.8 Å². The maximum absolute atomic E-state index is 13.1. The van der Waals surface area contributed by atoms with Gasteiger partial charge in [0.1, 0.15) is 16.5 Å². The molecule has 0 aliphatic carbocycles. The molecular weight excluding hydrogens is 446 g/mol. The first-order chi connectivity index (χ1) is 14.9. The minimum absolute atomic E-state index is 0. The number of ether oxygens (including phenoxy) is 1. The highest BCUT2D eigenvalue weighted by atomic mass is 35.5. The summed E-state index contributed by atoms with van der Waals surface area (Å²) in [6.07, 6.45) is 0.742. The number of thiophene rings is 1. The maximum Gasteiger partial charge on any atom is 0.260 e. The van der Waals surface area contributed by atoms with Gasteiger partial charge in [0, 0.05) is 24.0 Å². The van der Waals surface area contributed by atoms with E-state index in [4.69, 9.17) is 10.5 Å². The Morgan fingerprint density at radius 3 is 2.47 bits per heavy atom. The van der Waals surface area contributed by atoms with Crippen molar-refractivity contribution in [2.75, 3.05) is 11.9 Å². The third-order valence-corrected chi connectivity index (χ3v) is 6.53. The Kier molecular flexibility index (Phi) is 7.56. The summed E-state index contributed by atoms with van der Waals surface area (Å²) in [4.78, 5) is 28.8. The second-order valence-corrected chi connectivity index (χ2v) is 8.86. The summed E-state index contributed by atoms with van der Waals surface area (Å²) in [5.74, 6) is 0.230. The second-order valence-electron chi connectivity index (χ2n) is 7.75. The van der Waals surface area contributed by atoms with Crippen molar-refractivity contribution in [2.24, 2.45) is 5.73 Å². The molecule has 32 heavy (non-hydrogen) atoms. The van der Waals surface area contributed by atoms with Crippen LogP contribution in [-0.4, -0.2) is 29.3 Å². The number of halogens is 1. The van der Waals surface area contributed by atoms with Gasteiger partial charge >= 0.3 is 0 Å². The van der Waals surface area contributed by atoms with Gasteiger partial charge in [0.05, 0.1) is 11.1 Å². The first-order valence-electron chi connectivity index (χ1n) is 10.3. The smallest absolute Gasteiger partial charge is 0.260 e. The van der Waals surface area contributed by atoms with Crippen LogP contribution in [0.15, 0.2) is 54.6 Å². The number of carbonyl (C=O) groups is 2. The van der Waals surface area contributed by atoms with Crippen LogP contribution in [0.2, 0.25) is 0 Å². The number of hydrogen-bond donors (Lipinski definition) is 2. The molecule has 3 N–H and O–H groups in total. The van der Waals surface area contributed by atoms with Crippen molar-refractivity contribution >= 4 is 40.6 Å². The van der Waals surface area contributed by atoms with Crippen LogP contribution >= 0.6 is 23.7 Å². The van der Waals surface area contributed by atoms with Gasteiger partial charge in [-0.15, -0.1) is 23.7 Å². The third kappa shape index (κ3) is 4.96. The average Bonchev–Trinajstić information content (AvgIpc) is 3.12. The first-order valence-corrected chi connectivity index (χ1v) is 11.1. The summed E-state index contributed by atoms with van der Waals surface area (Å²) in [5, 5.41) is 3.42. The second kappa shape index (κ2) is 10.2. The zero-order valence-electron chi connectivity index (χ0n) is 18.0. The van der Waals surface area contributed by atoms with Crippen LogP contribution < -0.4 is 15.8 Å². The molecule has 2 aromatic carbocycles. The molecule has 3 aromatic rings. The lowest BCUT2D eigenvalue weighted by molar-refractivity contribution is 0.0999. The van der Waals surface area contributed by atoms with Gasteiger partial charge in [-0.25, -0.2) is 0 Å². The lowest BCUT2D eigenvalue weighted by Gasteiger charge is -2.30. The minimum atomic E-state index is -0.514. The average molecular weight is 472 g/mol. The molecule has 1 aliphatic heterocycles. The highest BCUT2D eigenvalue weighted by Crippen LogP contribution is 2.38. The molecule has 2 amide bonds. The zero-order chi connectivity index (χ0) is 22.0. The van der Waals surface area contributed by atoms with E-state index in [0.29, 0.717) is 33.7 Å². The fourth-order valence-corrected chi connectivity index (χ4v) is 5.02. The predicted molar refractivity (Wildman–Crippen MR) is 130 cm³/mol. The van der Waals surface area contributed by atoms with Gasteiger partial charge in [-0.05, 0) is 50.1 Å². The molecule has 168 valence electrons. The van der Waals surface area contributed by atoms with Gasteiger partial charge in [-0.3, -0.25) is 14.5 Å². The molecular formula is C24H26ClN3O3S. The van der Waals surface area contributed by atoms with E-state index < -0.39 is 5.91 Å². The Morgan fingerprint density at radius 2 is 1.78 bits per heavy atom. The quantitative estimate of drug-likeness (QED) is 0.525. The molecule has 6 nitrogen and oxygen atoms in total. The number of carbonyl (C=O) groups excluding carboxylic acids is 2. The molecule has 0 fully saturated rings. The molecule has 2 heterocycles. The number of nitrogens with one attached hydrogen (secondary N) is 1. The minimum Gasteiger partial charge on any atom is -0.457 e. The normalized spacial score (nSPS) is 13.2. The third-order valence-electron chi connectivity index (χ3n) is 5.39. The molecule has 4 rings (SSSR count). The Morgan fingerprint density at radius 1 is 1.09 bits per heavy atom. The van der Waals surface area contributed by atoms with Crippen molar-refractivity contribution in [3.05, 3.63) is 76.2 Å². The van der Waals surface area contributed by atoms with Gasteiger partial charge < -0.3 is 15.8 Å². The van der Waals surface area contributed by atoms with Gasteiger partial charge in [0.15, 0.2) is 0 Å². The van der Waals surface area contributed by atoms with Crippen LogP contribution in [0.4, 0.5) is 5.00 Å². The summed E-state index contributed by atoms with van der Waals surface area (Å²) >= 11 is 1.43. The van der Waals surface area contributed by atoms with E-state index in [1.807, 2.05) is 36.4 Å². The summed E-state index contributed by atoms with van der Waals surface area (Å²) in [6, 6.07) is 16.7. The number of para-hydroxylation sites is 2. The highest BCUT2D eigenvalue weighted by Gasteiger charge is 2.29. The standard InChI is InChI=1S/C24H25N3O3S.ClH/c1-15(2)27-13-12-18-20(14-27)31-24(21(18)22(25)28)26-23(29)17-10-6-7-11-19(17)30-16-8-4-3-5-9-16;/h3-11,15H,12-14H2,1-2H3,(H2,25,28)(H,26,29);1H. The van der Waals surface area contributed by atoms with Crippen molar-refractivity contribution in [2.45, 2.75) is 32.9 Å². The molecule has 1 aromatic heterocycles. The van der Waals surface area contributed by atoms with Crippen LogP contribution in [0.1, 0.15) is 45.0 Å². The van der Waals surface area contributed by atoms with Crippen molar-refractivity contribution < 1.29 is 14.3 Å². The monoisotopic (exact) mass is 471 g/mol. The fraction of sp³-hybridized carbons (Fsp3) is 0.250. The van der Waals surface area contributed by atoms with E-state index in [0.717, 1.165) is 30.0 Å². The van der Waals surface area contributed by atoms with E-state index >= 15 is 0 Å². The number of nitrogens with zero attached hydrogens (tertiary/aromatic N) is 1. The Balaban J connectivity index is 0.00000289. The number of amides is 2. The van der Waals surface area contributed by atoms with E-state index in [1.165, 1.54) is 11.3 Å². The van der Waals surface area contributed by atoms with Crippen molar-refractivity contribution in [1.82, 2.24) is 4.90 Å². The van der Waals surface area contributed by atoms with Gasteiger partial charge in [-0.2, -0.15) is 0 Å². The molecule has 0 spiro atoms. The predicted octanol–water partition coefficient (Wildman–Crippen LogP) is 5.08. The van der Waals surface area contributed by atoms with Crippen molar-refractivity contribution in [3.8, 4) is 11.5 Å². The lowest BCUT2D eigenvalue weighted by atomic mass is 10.0. The summed E-state index contributed by atoms with van der Waals surface area (Å²) in [6.45, 7) is 5.92. The molecule has 1 aliphatic rings. The Bertz CT molecular complexity index is 1110. The lowest BCUT2D eigenvalue weighted by Crippen LogP contribution is -2.35. The summed E-state index contributed by atoms with van der Waals surface area (Å²) < 4.78 is 5.91. The number of fused-ring (bicyclic) bond motifs is 1. The number of benzene rings is 2. The van der Waals surface area contributed by atoms with E-state index in [1.54, 1.807) is 18.2 Å². The molecule has 0 unspecified atom stereocenters. The molecule has 0 bridgehead atoms. The van der Waals surface area contributed by atoms with Crippen molar-refractivity contribution in [3.63, 3.8) is 0 Å². The molecule has 0 radical (unpaired) electrons. The number of nitrogens with two attached hydrogens (primary N) is 1. The molecule has 8 heteroatoms. The number of primary amides is 1. The van der Waals surface area contributed by atoms with Crippen molar-refractivity contribution in [1.29, 1.82) is 0 Å². The van der Waals surface area contributed by atoms with E-state index in [-0.39, 0.29) is 18.3 Å². The van der Waals surface area contributed by atoms with E-state index in [2.05, 4.69) is 24.1 Å². The van der Waals surface area contributed by atoms with Crippen LogP contribution in [0, 0.1) is 0 Å². The van der Waals surface area contributed by atoms with Gasteiger partial charge in [-0.1, -0.05) is 30.3 Å². The number of anilines is 1. The summed E-state index contributed by atoms with van der Waals surface area (Å²) in [5.41, 5.74) is 7.47. The summed E-state index contributed by atoms with van der Waals surface area (Å²) in [7, 11) is 0. The Hall–Kier alpha value is -2.87. The van der Waals surface area contributed by atoms with Crippen LogP contribution in [0.25, 0.3) is 0 Å². The van der Waals surface area contributed by atoms with E-state index in [9.17, 15) is 9.59 Å². The molecule has 0 atom stereocenters. The largest absolute Gasteiger partial charge is 0.457 e.